The molecule has 0 bridgehead atoms. The van der Waals surface area contributed by atoms with Gasteiger partial charge in [-0.15, -0.1) is 0 Å². The number of hydrogen-bond acceptors (Lipinski definition) is 3. The van der Waals surface area contributed by atoms with E-state index in [4.69, 9.17) is 4.74 Å². The van der Waals surface area contributed by atoms with Crippen molar-refractivity contribution >= 4 is 23.4 Å². The number of carboxylic acids is 1. The first-order valence-corrected chi connectivity index (χ1v) is 12.1. The van der Waals surface area contributed by atoms with Gasteiger partial charge in [0.2, 0.25) is 0 Å². The molecule has 0 unspecified atom stereocenters. The molecule has 4 aromatic carbocycles. The van der Waals surface area contributed by atoms with Crippen LogP contribution in [0.3, 0.4) is 0 Å². The molecule has 7 heteroatoms. The van der Waals surface area contributed by atoms with Gasteiger partial charge in [0.25, 0.3) is 0 Å². The smallest absolute Gasteiger partial charge is 0.335 e. The Kier molecular flexibility index (Phi) is 7.48. The van der Waals surface area contributed by atoms with E-state index in [9.17, 15) is 19.1 Å². The fraction of sp³-hybridized carbons (Fsp3) is 0.161. The topological polar surface area (TPSA) is 87.7 Å². The minimum Gasteiger partial charge on any atom is -0.478 e. The van der Waals surface area contributed by atoms with Crippen LogP contribution in [0.1, 0.15) is 42.3 Å². The van der Waals surface area contributed by atoms with Crippen LogP contribution in [-0.2, 0) is 5.41 Å². The van der Waals surface area contributed by atoms with Gasteiger partial charge in [0, 0.05) is 11.3 Å². The van der Waals surface area contributed by atoms with Crippen molar-refractivity contribution in [2.24, 2.45) is 0 Å². The molecule has 38 heavy (non-hydrogen) atoms. The molecule has 0 saturated heterocycles. The van der Waals surface area contributed by atoms with E-state index in [2.05, 4.69) is 31.4 Å². The molecule has 2 amide bonds. The first-order valence-electron chi connectivity index (χ1n) is 12.1. The number of carbonyl (C=O) groups is 2. The summed E-state index contributed by atoms with van der Waals surface area (Å²) in [5, 5.41) is 15.0. The molecule has 0 radical (unpaired) electrons. The normalized spacial score (nSPS) is 11.1. The minimum atomic E-state index is -1.24. The number of halogens is 1. The molecule has 0 aromatic heterocycles. The van der Waals surface area contributed by atoms with Crippen molar-refractivity contribution in [1.82, 2.24) is 0 Å². The summed E-state index contributed by atoms with van der Waals surface area (Å²) < 4.78 is 20.5. The van der Waals surface area contributed by atoms with Gasteiger partial charge >= 0.3 is 12.0 Å². The van der Waals surface area contributed by atoms with Crippen LogP contribution in [-0.4, -0.2) is 17.1 Å². The lowest BCUT2D eigenvalue weighted by Crippen LogP contribution is -2.20. The van der Waals surface area contributed by atoms with Gasteiger partial charge in [-0.25, -0.2) is 14.0 Å². The first-order chi connectivity index (χ1) is 18.0. The lowest BCUT2D eigenvalue weighted by molar-refractivity contribution is 0.0696. The molecule has 0 spiro atoms. The van der Waals surface area contributed by atoms with Gasteiger partial charge in [-0.3, -0.25) is 0 Å². The molecule has 0 heterocycles. The van der Waals surface area contributed by atoms with E-state index in [1.807, 2.05) is 49.4 Å². The zero-order valence-electron chi connectivity index (χ0n) is 21.6. The molecule has 3 N–H and O–H groups in total. The second-order valence-electron chi connectivity index (χ2n) is 10.0. The molecule has 4 aromatic rings. The van der Waals surface area contributed by atoms with Crippen molar-refractivity contribution in [3.8, 4) is 22.6 Å². The van der Waals surface area contributed by atoms with Crippen LogP contribution in [0.15, 0.2) is 84.9 Å². The number of amides is 2. The van der Waals surface area contributed by atoms with Crippen molar-refractivity contribution in [1.29, 1.82) is 0 Å². The second kappa shape index (κ2) is 10.8. The standard InChI is InChI=1S/C31H29FN2O4/c1-19-8-7-9-24(14-19)33-30(37)34-26-18-20(21-15-22(29(35)36)17-23(32)16-21)12-13-28(26)38-27-11-6-5-10-25(27)31(2,3)4/h5-18H,1-4H3,(H,35,36)(H2,33,34,37). The average Bonchev–Trinajstić information content (AvgIpc) is 2.84. The molecule has 0 atom stereocenters. The largest absolute Gasteiger partial charge is 0.478 e. The van der Waals surface area contributed by atoms with Crippen molar-refractivity contribution in [3.63, 3.8) is 0 Å². The van der Waals surface area contributed by atoms with Crippen molar-refractivity contribution in [2.75, 3.05) is 10.6 Å². The van der Waals surface area contributed by atoms with E-state index in [0.29, 0.717) is 34.0 Å². The number of ether oxygens (including phenoxy) is 1. The van der Waals surface area contributed by atoms with E-state index < -0.39 is 17.8 Å². The molecule has 0 saturated carbocycles. The molecule has 0 fully saturated rings. The lowest BCUT2D eigenvalue weighted by atomic mass is 9.86. The number of nitrogens with one attached hydrogen (secondary N) is 2. The van der Waals surface area contributed by atoms with Crippen LogP contribution in [0.4, 0.5) is 20.6 Å². The van der Waals surface area contributed by atoms with Crippen molar-refractivity contribution < 1.29 is 23.8 Å². The number of aromatic carboxylic acids is 1. The van der Waals surface area contributed by atoms with E-state index >= 15 is 0 Å². The van der Waals surface area contributed by atoms with Crippen LogP contribution in [0, 0.1) is 12.7 Å². The molecular weight excluding hydrogens is 483 g/mol. The highest BCUT2D eigenvalue weighted by Crippen LogP contribution is 2.38. The molecule has 194 valence electrons. The van der Waals surface area contributed by atoms with Gasteiger partial charge in [0.1, 0.15) is 11.6 Å². The summed E-state index contributed by atoms with van der Waals surface area (Å²) in [6.45, 7) is 8.17. The highest BCUT2D eigenvalue weighted by Gasteiger charge is 2.20. The summed E-state index contributed by atoms with van der Waals surface area (Å²) in [7, 11) is 0. The Morgan fingerprint density at radius 1 is 0.816 bits per heavy atom. The second-order valence-corrected chi connectivity index (χ2v) is 10.0. The van der Waals surface area contributed by atoms with Crippen LogP contribution >= 0.6 is 0 Å². The van der Waals surface area contributed by atoms with Crippen molar-refractivity contribution in [3.05, 3.63) is 107 Å². The highest BCUT2D eigenvalue weighted by atomic mass is 19.1. The van der Waals surface area contributed by atoms with Crippen LogP contribution < -0.4 is 15.4 Å². The maximum absolute atomic E-state index is 14.2. The Morgan fingerprint density at radius 3 is 2.29 bits per heavy atom. The Hall–Kier alpha value is -4.65. The quantitative estimate of drug-likeness (QED) is 0.243. The zero-order chi connectivity index (χ0) is 27.4. The zero-order valence-corrected chi connectivity index (χ0v) is 21.6. The number of carboxylic acid groups (broad SMARTS) is 1. The van der Waals surface area contributed by atoms with Gasteiger partial charge in [-0.2, -0.15) is 0 Å². The molecule has 6 nitrogen and oxygen atoms in total. The molecular formula is C31H29FN2O4. The molecule has 0 aliphatic carbocycles. The van der Waals surface area contributed by atoms with E-state index in [1.54, 1.807) is 24.3 Å². The van der Waals surface area contributed by atoms with Gasteiger partial charge in [-0.1, -0.05) is 57.2 Å². The monoisotopic (exact) mass is 512 g/mol. The van der Waals surface area contributed by atoms with E-state index in [1.165, 1.54) is 12.1 Å². The minimum absolute atomic E-state index is 0.175. The number of benzene rings is 4. The summed E-state index contributed by atoms with van der Waals surface area (Å²) in [5.41, 5.74) is 3.42. The third-order valence-corrected chi connectivity index (χ3v) is 5.90. The predicted molar refractivity (Wildman–Crippen MR) is 148 cm³/mol. The fourth-order valence-electron chi connectivity index (χ4n) is 4.08. The number of hydrogen-bond donors (Lipinski definition) is 3. The fourth-order valence-corrected chi connectivity index (χ4v) is 4.08. The number of rotatable bonds is 6. The Bertz CT molecular complexity index is 1510. The van der Waals surface area contributed by atoms with Crippen LogP contribution in [0.2, 0.25) is 0 Å². The molecule has 4 rings (SSSR count). The number of aryl methyl sites for hydroxylation is 1. The lowest BCUT2D eigenvalue weighted by Gasteiger charge is -2.23. The van der Waals surface area contributed by atoms with Gasteiger partial charge < -0.3 is 20.5 Å². The van der Waals surface area contributed by atoms with Crippen LogP contribution in [0.25, 0.3) is 11.1 Å². The Morgan fingerprint density at radius 2 is 1.58 bits per heavy atom. The van der Waals surface area contributed by atoms with E-state index in [-0.39, 0.29) is 11.0 Å². The Balaban J connectivity index is 1.74. The highest BCUT2D eigenvalue weighted by molar-refractivity contribution is 6.01. The molecule has 0 aliphatic heterocycles. The van der Waals surface area contributed by atoms with Gasteiger partial charge in [-0.05, 0) is 77.6 Å². The Labute approximate surface area is 221 Å². The number of carbonyl (C=O) groups excluding carboxylic acids is 1. The summed E-state index contributed by atoms with van der Waals surface area (Å²) >= 11 is 0. The summed E-state index contributed by atoms with van der Waals surface area (Å²) in [5.74, 6) is -0.903. The number of anilines is 2. The average molecular weight is 513 g/mol. The number of para-hydroxylation sites is 1. The number of urea groups is 1. The van der Waals surface area contributed by atoms with E-state index in [0.717, 1.165) is 17.2 Å². The summed E-state index contributed by atoms with van der Waals surface area (Å²) in [6.07, 6.45) is 0. The van der Waals surface area contributed by atoms with Crippen LogP contribution in [0.5, 0.6) is 11.5 Å². The van der Waals surface area contributed by atoms with Crippen molar-refractivity contribution in [2.45, 2.75) is 33.1 Å². The SMILES string of the molecule is Cc1cccc(NC(=O)Nc2cc(-c3cc(F)cc(C(=O)O)c3)ccc2Oc2ccccc2C(C)(C)C)c1. The predicted octanol–water partition coefficient (Wildman–Crippen LogP) is 8.23. The summed E-state index contributed by atoms with van der Waals surface area (Å²) in [4.78, 5) is 24.4. The third kappa shape index (κ3) is 6.37. The first kappa shape index (κ1) is 26.4. The molecule has 0 aliphatic rings. The third-order valence-electron chi connectivity index (χ3n) is 5.90. The van der Waals surface area contributed by atoms with Gasteiger partial charge in [0.15, 0.2) is 5.75 Å². The van der Waals surface area contributed by atoms with Gasteiger partial charge in [0.05, 0.1) is 11.3 Å². The maximum Gasteiger partial charge on any atom is 0.335 e. The maximum atomic E-state index is 14.2. The summed E-state index contributed by atoms with van der Waals surface area (Å²) in [6, 6.07) is 23.1.